The molecule has 1 fully saturated rings. The number of hydrogen-bond acceptors (Lipinski definition) is 3. The monoisotopic (exact) mass is 322 g/mol. The molecule has 0 amide bonds. The van der Waals surface area contributed by atoms with Crippen molar-refractivity contribution in [3.63, 3.8) is 0 Å². The van der Waals surface area contributed by atoms with Gasteiger partial charge in [0.15, 0.2) is 0 Å². The molecule has 0 radical (unpaired) electrons. The smallest absolute Gasteiger partial charge is 0.0907 e. The van der Waals surface area contributed by atoms with Crippen LogP contribution >= 0.6 is 23.4 Å². The number of nitrogens with one attached hydrogen (secondary N) is 1. The second kappa shape index (κ2) is 6.60. The van der Waals surface area contributed by atoms with Gasteiger partial charge < -0.3 is 5.32 Å². The lowest BCUT2D eigenvalue weighted by atomic mass is 9.62. The largest absolute Gasteiger partial charge is 0.317 e. The molecule has 0 aromatic heterocycles. The predicted molar refractivity (Wildman–Crippen MR) is 90.6 cm³/mol. The van der Waals surface area contributed by atoms with Crippen molar-refractivity contribution in [2.45, 2.75) is 43.2 Å². The van der Waals surface area contributed by atoms with Gasteiger partial charge in [-0.15, -0.1) is 23.4 Å². The highest BCUT2D eigenvalue weighted by Crippen LogP contribution is 2.54. The Morgan fingerprint density at radius 2 is 1.86 bits per heavy atom. The Balaban J connectivity index is 2.24. The summed E-state index contributed by atoms with van der Waals surface area (Å²) < 4.78 is -0.100. The number of benzene rings is 1. The SMILES string of the molecule is Cc1ccc(SC(Cl)C2(C(C)(C)C#N)CCNCC2)cc1. The topological polar surface area (TPSA) is 35.8 Å². The van der Waals surface area contributed by atoms with Crippen molar-refractivity contribution in [3.8, 4) is 6.07 Å². The van der Waals surface area contributed by atoms with E-state index in [9.17, 15) is 5.26 Å². The number of hydrogen-bond donors (Lipinski definition) is 1. The summed E-state index contributed by atoms with van der Waals surface area (Å²) >= 11 is 8.52. The lowest BCUT2D eigenvalue weighted by Crippen LogP contribution is -2.50. The maximum atomic E-state index is 9.62. The molecule has 0 aliphatic carbocycles. The van der Waals surface area contributed by atoms with Crippen molar-refractivity contribution in [2.75, 3.05) is 13.1 Å². The Morgan fingerprint density at radius 3 is 2.38 bits per heavy atom. The van der Waals surface area contributed by atoms with Crippen LogP contribution in [0.25, 0.3) is 0 Å². The van der Waals surface area contributed by atoms with Crippen LogP contribution in [-0.4, -0.2) is 17.8 Å². The quantitative estimate of drug-likeness (QED) is 0.651. The third-order valence-electron chi connectivity index (χ3n) is 4.72. The highest BCUT2D eigenvalue weighted by Gasteiger charge is 2.51. The van der Waals surface area contributed by atoms with Gasteiger partial charge in [-0.2, -0.15) is 5.26 Å². The summed E-state index contributed by atoms with van der Waals surface area (Å²) in [4.78, 5) is 1.17. The first-order chi connectivity index (χ1) is 9.91. The van der Waals surface area contributed by atoms with E-state index >= 15 is 0 Å². The number of piperidine rings is 1. The van der Waals surface area contributed by atoms with Crippen LogP contribution in [0, 0.1) is 29.1 Å². The van der Waals surface area contributed by atoms with E-state index in [-0.39, 0.29) is 10.1 Å². The van der Waals surface area contributed by atoms with Crippen LogP contribution in [-0.2, 0) is 0 Å². The molecule has 1 aromatic carbocycles. The second-order valence-electron chi connectivity index (χ2n) is 6.39. The zero-order chi connectivity index (χ0) is 15.5. The minimum absolute atomic E-state index is 0.100. The van der Waals surface area contributed by atoms with E-state index in [1.807, 2.05) is 13.8 Å². The second-order valence-corrected chi connectivity index (χ2v) is 8.26. The van der Waals surface area contributed by atoms with E-state index in [4.69, 9.17) is 11.6 Å². The summed E-state index contributed by atoms with van der Waals surface area (Å²) in [5, 5.41) is 13.0. The molecule has 2 rings (SSSR count). The summed E-state index contributed by atoms with van der Waals surface area (Å²) in [6.07, 6.45) is 1.89. The van der Waals surface area contributed by atoms with Crippen LogP contribution < -0.4 is 5.32 Å². The molecule has 0 spiro atoms. The van der Waals surface area contributed by atoms with Gasteiger partial charge in [0.2, 0.25) is 0 Å². The van der Waals surface area contributed by atoms with E-state index in [2.05, 4.69) is 42.6 Å². The number of rotatable bonds is 4. The Labute approximate surface area is 137 Å². The molecule has 1 aromatic rings. The van der Waals surface area contributed by atoms with Crippen molar-refractivity contribution in [2.24, 2.45) is 10.8 Å². The van der Waals surface area contributed by atoms with Crippen LogP contribution in [0.3, 0.4) is 0 Å². The van der Waals surface area contributed by atoms with E-state index in [1.54, 1.807) is 11.8 Å². The molecular weight excluding hydrogens is 300 g/mol. The van der Waals surface area contributed by atoms with Gasteiger partial charge in [-0.3, -0.25) is 0 Å². The lowest BCUT2D eigenvalue weighted by Gasteiger charge is -2.48. The van der Waals surface area contributed by atoms with Crippen LogP contribution in [0.5, 0.6) is 0 Å². The summed E-state index contributed by atoms with van der Waals surface area (Å²) in [5.74, 6) is 0. The third-order valence-corrected chi connectivity index (χ3v) is 6.60. The number of nitrogens with zero attached hydrogens (tertiary/aromatic N) is 1. The van der Waals surface area contributed by atoms with Crippen LogP contribution in [0.1, 0.15) is 32.3 Å². The Hall–Kier alpha value is -0.690. The molecule has 4 heteroatoms. The fraction of sp³-hybridized carbons (Fsp3) is 0.588. The third kappa shape index (κ3) is 3.39. The van der Waals surface area contributed by atoms with Gasteiger partial charge in [0.05, 0.1) is 16.2 Å². The first-order valence-corrected chi connectivity index (χ1v) is 8.72. The summed E-state index contributed by atoms with van der Waals surface area (Å²) in [6.45, 7) is 8.01. The molecule has 1 saturated heterocycles. The first-order valence-electron chi connectivity index (χ1n) is 7.41. The maximum absolute atomic E-state index is 9.62. The Bertz CT molecular complexity index is 513. The molecule has 1 aliphatic rings. The highest BCUT2D eigenvalue weighted by molar-refractivity contribution is 8.01. The molecule has 21 heavy (non-hydrogen) atoms. The van der Waals surface area contributed by atoms with Crippen molar-refractivity contribution in [3.05, 3.63) is 29.8 Å². The summed E-state index contributed by atoms with van der Waals surface area (Å²) in [5.41, 5.74) is 0.656. The summed E-state index contributed by atoms with van der Waals surface area (Å²) in [7, 11) is 0. The minimum Gasteiger partial charge on any atom is -0.317 e. The van der Waals surface area contributed by atoms with E-state index in [1.165, 1.54) is 10.5 Å². The maximum Gasteiger partial charge on any atom is 0.0907 e. The summed E-state index contributed by atoms with van der Waals surface area (Å²) in [6, 6.07) is 10.9. The zero-order valence-electron chi connectivity index (χ0n) is 12.9. The normalized spacial score (nSPS) is 19.8. The van der Waals surface area contributed by atoms with Crippen molar-refractivity contribution in [1.82, 2.24) is 5.32 Å². The van der Waals surface area contributed by atoms with Crippen molar-refractivity contribution >= 4 is 23.4 Å². The molecular formula is C17H23ClN2S. The first kappa shape index (κ1) is 16.7. The number of halogens is 1. The molecule has 0 saturated carbocycles. The number of nitriles is 1. The van der Waals surface area contributed by atoms with Crippen molar-refractivity contribution < 1.29 is 0 Å². The van der Waals surface area contributed by atoms with Gasteiger partial charge in [-0.1, -0.05) is 17.7 Å². The zero-order valence-corrected chi connectivity index (χ0v) is 14.5. The highest BCUT2D eigenvalue weighted by atomic mass is 35.5. The standard InChI is InChI=1S/C17H23ClN2S/c1-13-4-6-14(7-5-13)21-15(18)17(16(2,3)12-19)8-10-20-11-9-17/h4-7,15,20H,8-11H2,1-3H3. The molecule has 1 heterocycles. The van der Waals surface area contributed by atoms with Gasteiger partial charge in [0.25, 0.3) is 0 Å². The number of aryl methyl sites for hydroxylation is 1. The van der Waals surface area contributed by atoms with E-state index in [0.717, 1.165) is 25.9 Å². The molecule has 114 valence electrons. The lowest BCUT2D eigenvalue weighted by molar-refractivity contribution is 0.0942. The van der Waals surface area contributed by atoms with Gasteiger partial charge in [-0.25, -0.2) is 0 Å². The number of alkyl halides is 1. The molecule has 0 bridgehead atoms. The molecule has 1 unspecified atom stereocenters. The fourth-order valence-electron chi connectivity index (χ4n) is 2.97. The van der Waals surface area contributed by atoms with E-state index < -0.39 is 5.41 Å². The van der Waals surface area contributed by atoms with Crippen LogP contribution in [0.2, 0.25) is 0 Å². The molecule has 1 atom stereocenters. The average molecular weight is 323 g/mol. The van der Waals surface area contributed by atoms with Crippen LogP contribution in [0.4, 0.5) is 0 Å². The van der Waals surface area contributed by atoms with Gasteiger partial charge in [0, 0.05) is 10.3 Å². The van der Waals surface area contributed by atoms with Crippen LogP contribution in [0.15, 0.2) is 29.2 Å². The fourth-order valence-corrected chi connectivity index (χ4v) is 5.06. The van der Waals surface area contributed by atoms with Gasteiger partial charge >= 0.3 is 0 Å². The predicted octanol–water partition coefficient (Wildman–Crippen LogP) is 4.57. The van der Waals surface area contributed by atoms with Gasteiger partial charge in [0.1, 0.15) is 0 Å². The Kier molecular flexibility index (Phi) is 5.24. The molecule has 1 aliphatic heterocycles. The average Bonchev–Trinajstić information content (AvgIpc) is 2.50. The molecule has 2 nitrogen and oxygen atoms in total. The van der Waals surface area contributed by atoms with Gasteiger partial charge in [-0.05, 0) is 58.8 Å². The van der Waals surface area contributed by atoms with Crippen molar-refractivity contribution in [1.29, 1.82) is 5.26 Å². The Morgan fingerprint density at radius 1 is 1.29 bits per heavy atom. The molecule has 1 N–H and O–H groups in total. The van der Waals surface area contributed by atoms with E-state index in [0.29, 0.717) is 0 Å². The number of thioether (sulfide) groups is 1. The minimum atomic E-state index is -0.431.